The molecule has 0 saturated carbocycles. The zero-order valence-electron chi connectivity index (χ0n) is 27.5. The van der Waals surface area contributed by atoms with Gasteiger partial charge in [0, 0.05) is 57.6 Å². The molecule has 4 aromatic carbocycles. The van der Waals surface area contributed by atoms with Crippen LogP contribution in [-0.2, 0) is 12.8 Å². The first-order chi connectivity index (χ1) is 25.0. The highest BCUT2D eigenvalue weighted by atomic mass is 35.5. The third-order valence-electron chi connectivity index (χ3n) is 7.84. The van der Waals surface area contributed by atoms with Gasteiger partial charge in [-0.3, -0.25) is 4.98 Å². The number of halogens is 2. The molecule has 12 heteroatoms. The number of nitrogens with zero attached hydrogens (tertiary/aromatic N) is 5. The standard InChI is InChI=1S/C39H32ClFN8O2/c1-2-25-3-12-30(42-24-25)21-22-50-34-19-6-27(7-20-34)36-23-35(49-51-36)26-4-13-31(14-5-26)43-37-46-38(44-32-15-8-28(40)9-16-32)48-39(47-37)45-33-17-10-29(41)11-18-33/h3-20,23-24H,2,21-22H2,1H3,(H3,43,44,45,46,47,48). The van der Waals surface area contributed by atoms with Gasteiger partial charge in [-0.15, -0.1) is 0 Å². The summed E-state index contributed by atoms with van der Waals surface area (Å²) in [6.07, 6.45) is 3.63. The van der Waals surface area contributed by atoms with Crippen molar-refractivity contribution in [1.82, 2.24) is 25.1 Å². The average Bonchev–Trinajstić information content (AvgIpc) is 3.65. The highest BCUT2D eigenvalue weighted by Gasteiger charge is 2.12. The Morgan fingerprint density at radius 2 is 1.25 bits per heavy atom. The molecule has 0 fully saturated rings. The van der Waals surface area contributed by atoms with Gasteiger partial charge in [0.1, 0.15) is 17.3 Å². The predicted molar refractivity (Wildman–Crippen MR) is 198 cm³/mol. The minimum absolute atomic E-state index is 0.261. The number of pyridine rings is 1. The van der Waals surface area contributed by atoms with E-state index in [1.165, 1.54) is 17.7 Å². The summed E-state index contributed by atoms with van der Waals surface area (Å²) in [7, 11) is 0. The zero-order chi connectivity index (χ0) is 35.0. The lowest BCUT2D eigenvalue weighted by molar-refractivity contribution is 0.320. The van der Waals surface area contributed by atoms with Gasteiger partial charge in [0.15, 0.2) is 5.76 Å². The second-order valence-corrected chi connectivity index (χ2v) is 11.9. The summed E-state index contributed by atoms with van der Waals surface area (Å²) in [6, 6.07) is 34.5. The molecule has 3 heterocycles. The number of rotatable bonds is 13. The number of benzene rings is 4. The van der Waals surface area contributed by atoms with Crippen molar-refractivity contribution in [2.75, 3.05) is 22.6 Å². The number of anilines is 6. The topological polar surface area (TPSA) is 123 Å². The zero-order valence-corrected chi connectivity index (χ0v) is 28.2. The molecule has 0 aliphatic carbocycles. The average molecular weight is 699 g/mol. The Morgan fingerprint density at radius 3 is 1.82 bits per heavy atom. The molecule has 0 amide bonds. The first kappa shape index (κ1) is 33.2. The summed E-state index contributed by atoms with van der Waals surface area (Å²) in [6.45, 7) is 2.66. The second-order valence-electron chi connectivity index (χ2n) is 11.5. The Hall–Kier alpha value is -6.33. The molecule has 51 heavy (non-hydrogen) atoms. The SMILES string of the molecule is CCc1ccc(CCOc2ccc(-c3cc(-c4ccc(Nc5nc(Nc6ccc(F)cc6)nc(Nc6ccc(Cl)cc6)n5)cc4)no3)cc2)nc1. The Balaban J connectivity index is 1.00. The van der Waals surface area contributed by atoms with Gasteiger partial charge in [-0.05, 0) is 103 Å². The quantitative estimate of drug-likeness (QED) is 0.107. The van der Waals surface area contributed by atoms with Crippen LogP contribution in [0.4, 0.5) is 39.3 Å². The smallest absolute Gasteiger partial charge is 0.233 e. The second kappa shape index (κ2) is 15.5. The first-order valence-electron chi connectivity index (χ1n) is 16.3. The van der Waals surface area contributed by atoms with E-state index in [4.69, 9.17) is 20.9 Å². The summed E-state index contributed by atoms with van der Waals surface area (Å²) in [5.41, 5.74) is 6.79. The van der Waals surface area contributed by atoms with E-state index < -0.39 is 0 Å². The Kier molecular flexibility index (Phi) is 10.1. The van der Waals surface area contributed by atoms with E-state index in [0.717, 1.165) is 46.8 Å². The minimum atomic E-state index is -0.341. The number of ether oxygens (including phenoxy) is 1. The van der Waals surface area contributed by atoms with Gasteiger partial charge in [-0.2, -0.15) is 15.0 Å². The van der Waals surface area contributed by atoms with Gasteiger partial charge in [0.05, 0.1) is 6.61 Å². The molecule has 0 bridgehead atoms. The van der Waals surface area contributed by atoms with Crippen molar-refractivity contribution in [2.45, 2.75) is 19.8 Å². The maximum absolute atomic E-state index is 13.5. The molecule has 10 nitrogen and oxygen atoms in total. The Bertz CT molecular complexity index is 2130. The largest absolute Gasteiger partial charge is 0.493 e. The summed E-state index contributed by atoms with van der Waals surface area (Å²) < 4.78 is 25.1. The van der Waals surface area contributed by atoms with Crippen molar-refractivity contribution in [2.24, 2.45) is 0 Å². The molecule has 0 aliphatic rings. The number of hydrogen-bond donors (Lipinski definition) is 3. The normalized spacial score (nSPS) is 10.9. The van der Waals surface area contributed by atoms with E-state index in [-0.39, 0.29) is 17.7 Å². The van der Waals surface area contributed by atoms with Crippen molar-refractivity contribution in [3.8, 4) is 28.3 Å². The fourth-order valence-corrected chi connectivity index (χ4v) is 5.20. The van der Waals surface area contributed by atoms with Crippen molar-refractivity contribution in [3.63, 3.8) is 0 Å². The number of aromatic nitrogens is 5. The lowest BCUT2D eigenvalue weighted by atomic mass is 10.1. The molecular formula is C39H32ClFN8O2. The predicted octanol–water partition coefficient (Wildman–Crippen LogP) is 9.80. The van der Waals surface area contributed by atoms with Gasteiger partial charge in [0.2, 0.25) is 17.8 Å². The molecule has 0 unspecified atom stereocenters. The molecule has 254 valence electrons. The van der Waals surface area contributed by atoms with Crippen LogP contribution in [0, 0.1) is 5.82 Å². The van der Waals surface area contributed by atoms with Crippen molar-refractivity contribution >= 4 is 46.5 Å². The summed E-state index contributed by atoms with van der Waals surface area (Å²) >= 11 is 6.05. The maximum Gasteiger partial charge on any atom is 0.233 e. The summed E-state index contributed by atoms with van der Waals surface area (Å²) in [5.74, 6) is 1.92. The molecule has 0 aliphatic heterocycles. The summed E-state index contributed by atoms with van der Waals surface area (Å²) in [4.78, 5) is 18.0. The van der Waals surface area contributed by atoms with Gasteiger partial charge in [-0.25, -0.2) is 4.39 Å². The molecule has 7 rings (SSSR count). The fraction of sp³-hybridized carbons (Fsp3) is 0.103. The summed E-state index contributed by atoms with van der Waals surface area (Å²) in [5, 5.41) is 14.4. The highest BCUT2D eigenvalue weighted by molar-refractivity contribution is 6.30. The Labute approximate surface area is 298 Å². The molecule has 0 atom stereocenters. The van der Waals surface area contributed by atoms with Gasteiger partial charge in [0.25, 0.3) is 0 Å². The molecule has 7 aromatic rings. The minimum Gasteiger partial charge on any atom is -0.493 e. The van der Waals surface area contributed by atoms with Crippen LogP contribution in [0.3, 0.4) is 0 Å². The third kappa shape index (κ3) is 8.83. The first-order valence-corrected chi connectivity index (χ1v) is 16.7. The van der Waals surface area contributed by atoms with Crippen LogP contribution in [0.2, 0.25) is 5.02 Å². The third-order valence-corrected chi connectivity index (χ3v) is 8.10. The van der Waals surface area contributed by atoms with E-state index in [0.29, 0.717) is 34.7 Å². The Morgan fingerprint density at radius 1 is 0.686 bits per heavy atom. The molecule has 3 aromatic heterocycles. The number of aryl methyl sites for hydroxylation is 1. The van der Waals surface area contributed by atoms with Crippen LogP contribution in [0.1, 0.15) is 18.2 Å². The van der Waals surface area contributed by atoms with Gasteiger partial charge >= 0.3 is 0 Å². The molecule has 0 saturated heterocycles. The van der Waals surface area contributed by atoms with Crippen LogP contribution in [0.5, 0.6) is 5.75 Å². The number of nitrogens with one attached hydrogen (secondary N) is 3. The number of hydrogen-bond acceptors (Lipinski definition) is 10. The molecule has 0 radical (unpaired) electrons. The van der Waals surface area contributed by atoms with E-state index in [9.17, 15) is 4.39 Å². The monoisotopic (exact) mass is 698 g/mol. The lowest BCUT2D eigenvalue weighted by Gasteiger charge is -2.12. The van der Waals surface area contributed by atoms with Crippen LogP contribution < -0.4 is 20.7 Å². The molecular weight excluding hydrogens is 667 g/mol. The maximum atomic E-state index is 13.5. The van der Waals surface area contributed by atoms with Crippen LogP contribution in [-0.4, -0.2) is 31.7 Å². The highest BCUT2D eigenvalue weighted by Crippen LogP contribution is 2.29. The molecule has 0 spiro atoms. The van der Waals surface area contributed by atoms with E-state index in [1.807, 2.05) is 72.9 Å². The van der Waals surface area contributed by atoms with Crippen molar-refractivity contribution in [3.05, 3.63) is 144 Å². The lowest BCUT2D eigenvalue weighted by Crippen LogP contribution is -2.07. The van der Waals surface area contributed by atoms with Gasteiger partial charge in [-0.1, -0.05) is 41.9 Å². The van der Waals surface area contributed by atoms with Crippen molar-refractivity contribution < 1.29 is 13.7 Å². The van der Waals surface area contributed by atoms with Crippen LogP contribution in [0.25, 0.3) is 22.6 Å². The van der Waals surface area contributed by atoms with E-state index >= 15 is 0 Å². The van der Waals surface area contributed by atoms with Crippen LogP contribution >= 0.6 is 11.6 Å². The van der Waals surface area contributed by atoms with Crippen LogP contribution in [0.15, 0.2) is 126 Å². The van der Waals surface area contributed by atoms with Crippen molar-refractivity contribution in [1.29, 1.82) is 0 Å². The fourth-order valence-electron chi connectivity index (χ4n) is 5.07. The van der Waals surface area contributed by atoms with E-state index in [2.05, 4.69) is 60.1 Å². The molecule has 3 N–H and O–H groups in total. The van der Waals surface area contributed by atoms with E-state index in [1.54, 1.807) is 24.3 Å². The van der Waals surface area contributed by atoms with Gasteiger partial charge < -0.3 is 25.2 Å².